The molecule has 0 bridgehead atoms. The highest BCUT2D eigenvalue weighted by Crippen LogP contribution is 2.28. The van der Waals surface area contributed by atoms with Gasteiger partial charge in [-0.1, -0.05) is 23.7 Å². The molecule has 92 valence electrons. The minimum absolute atomic E-state index is 0.115. The van der Waals surface area contributed by atoms with Crippen molar-refractivity contribution in [2.45, 2.75) is 6.92 Å². The molecule has 0 spiro atoms. The fourth-order valence-electron chi connectivity index (χ4n) is 1.50. The number of carbonyl (C=O) groups excluding carboxylic acids is 1. The fraction of sp³-hybridized carbons (Fsp3) is 0.0714. The van der Waals surface area contributed by atoms with Gasteiger partial charge in [0.15, 0.2) is 17.3 Å². The van der Waals surface area contributed by atoms with E-state index in [0.29, 0.717) is 11.3 Å². The van der Waals surface area contributed by atoms with Gasteiger partial charge >= 0.3 is 0 Å². The number of benzene rings is 2. The third kappa shape index (κ3) is 2.68. The first kappa shape index (κ1) is 12.6. The summed E-state index contributed by atoms with van der Waals surface area (Å²) in [5.74, 6) is -0.0825. The summed E-state index contributed by atoms with van der Waals surface area (Å²) < 4.78 is 18.7. The molecule has 2 aromatic carbocycles. The highest BCUT2D eigenvalue weighted by atomic mass is 35.5. The van der Waals surface area contributed by atoms with Crippen molar-refractivity contribution in [2.24, 2.45) is 0 Å². The number of para-hydroxylation sites is 1. The first-order chi connectivity index (χ1) is 8.58. The smallest absolute Gasteiger partial charge is 0.165 e. The third-order valence-corrected chi connectivity index (χ3v) is 2.70. The first-order valence-electron chi connectivity index (χ1n) is 5.31. The lowest BCUT2D eigenvalue weighted by molar-refractivity contribution is 0.101. The van der Waals surface area contributed by atoms with Crippen LogP contribution in [0, 0.1) is 5.82 Å². The summed E-state index contributed by atoms with van der Waals surface area (Å²) in [6, 6.07) is 10.7. The lowest BCUT2D eigenvalue weighted by Crippen LogP contribution is -1.94. The van der Waals surface area contributed by atoms with Gasteiger partial charge in [0, 0.05) is 11.6 Å². The molecule has 0 aliphatic rings. The van der Waals surface area contributed by atoms with Gasteiger partial charge in [0.25, 0.3) is 0 Å². The summed E-state index contributed by atoms with van der Waals surface area (Å²) in [6.45, 7) is 1.43. The molecule has 2 aromatic rings. The average molecular weight is 265 g/mol. The Morgan fingerprint density at radius 2 is 1.94 bits per heavy atom. The second kappa shape index (κ2) is 5.19. The van der Waals surface area contributed by atoms with Crippen LogP contribution in [0.25, 0.3) is 0 Å². The van der Waals surface area contributed by atoms with Crippen LogP contribution in [0.3, 0.4) is 0 Å². The van der Waals surface area contributed by atoms with E-state index in [2.05, 4.69) is 0 Å². The van der Waals surface area contributed by atoms with Crippen molar-refractivity contribution >= 4 is 17.4 Å². The van der Waals surface area contributed by atoms with Gasteiger partial charge in [-0.05, 0) is 31.2 Å². The van der Waals surface area contributed by atoms with Gasteiger partial charge < -0.3 is 4.74 Å². The van der Waals surface area contributed by atoms with Crippen molar-refractivity contribution in [2.75, 3.05) is 0 Å². The predicted molar refractivity (Wildman–Crippen MR) is 67.9 cm³/mol. The minimum atomic E-state index is -0.454. The van der Waals surface area contributed by atoms with Crippen molar-refractivity contribution < 1.29 is 13.9 Å². The summed E-state index contributed by atoms with van der Waals surface area (Å²) in [7, 11) is 0. The second-order valence-corrected chi connectivity index (χ2v) is 4.14. The van der Waals surface area contributed by atoms with Crippen molar-refractivity contribution in [1.29, 1.82) is 0 Å². The quantitative estimate of drug-likeness (QED) is 0.765. The van der Waals surface area contributed by atoms with Gasteiger partial charge in [0.1, 0.15) is 5.75 Å². The molecule has 4 heteroatoms. The molecule has 0 N–H and O–H groups in total. The Balaban J connectivity index is 2.29. The van der Waals surface area contributed by atoms with Crippen LogP contribution in [-0.4, -0.2) is 5.78 Å². The van der Waals surface area contributed by atoms with Crippen LogP contribution in [0.2, 0.25) is 5.02 Å². The normalized spacial score (nSPS) is 10.2. The van der Waals surface area contributed by atoms with Gasteiger partial charge in [0.05, 0.1) is 5.02 Å². The number of Topliss-reactive ketones (excluding diaryl/α,β-unsaturated/α-hetero) is 1. The second-order valence-electron chi connectivity index (χ2n) is 3.73. The molecule has 2 nitrogen and oxygen atoms in total. The topological polar surface area (TPSA) is 26.3 Å². The van der Waals surface area contributed by atoms with Crippen LogP contribution in [0.1, 0.15) is 17.3 Å². The number of halogens is 2. The van der Waals surface area contributed by atoms with Gasteiger partial charge in [-0.25, -0.2) is 4.39 Å². The summed E-state index contributed by atoms with van der Waals surface area (Å²) in [5.41, 5.74) is 0.414. The lowest BCUT2D eigenvalue weighted by Gasteiger charge is -2.08. The van der Waals surface area contributed by atoms with Gasteiger partial charge in [0.2, 0.25) is 0 Å². The Bertz CT molecular complexity index is 596. The zero-order valence-corrected chi connectivity index (χ0v) is 10.4. The molecule has 0 heterocycles. The predicted octanol–water partition coefficient (Wildman–Crippen LogP) is 4.47. The first-order valence-corrected chi connectivity index (χ1v) is 5.68. The molecular weight excluding hydrogens is 255 g/mol. The molecule has 0 radical (unpaired) electrons. The number of carbonyl (C=O) groups is 1. The highest BCUT2D eigenvalue weighted by molar-refractivity contribution is 6.34. The summed E-state index contributed by atoms with van der Waals surface area (Å²) in [6.07, 6.45) is 0. The number of ketones is 1. The van der Waals surface area contributed by atoms with E-state index in [1.807, 2.05) is 0 Å². The van der Waals surface area contributed by atoms with Gasteiger partial charge in [-0.2, -0.15) is 0 Å². The lowest BCUT2D eigenvalue weighted by atomic mass is 10.1. The van der Waals surface area contributed by atoms with Gasteiger partial charge in [-0.3, -0.25) is 4.79 Å². The monoisotopic (exact) mass is 264 g/mol. The maximum Gasteiger partial charge on any atom is 0.165 e. The van der Waals surface area contributed by atoms with E-state index in [1.165, 1.54) is 25.1 Å². The Morgan fingerprint density at radius 3 is 2.56 bits per heavy atom. The molecule has 0 aliphatic heterocycles. The van der Waals surface area contributed by atoms with Crippen molar-refractivity contribution in [3.63, 3.8) is 0 Å². The molecule has 2 rings (SSSR count). The molecule has 0 aromatic heterocycles. The number of rotatable bonds is 3. The van der Waals surface area contributed by atoms with E-state index in [9.17, 15) is 9.18 Å². The largest absolute Gasteiger partial charge is 0.454 e. The molecule has 0 saturated heterocycles. The molecular formula is C14H10ClFO2. The Hall–Kier alpha value is -1.87. The molecule has 0 aliphatic carbocycles. The van der Waals surface area contributed by atoms with Crippen LogP contribution >= 0.6 is 11.6 Å². The highest BCUT2D eigenvalue weighted by Gasteiger charge is 2.08. The Kier molecular flexibility index (Phi) is 3.63. The zero-order chi connectivity index (χ0) is 13.1. The SMILES string of the molecule is CC(=O)c1ccc(Oc2ccccc2F)cc1Cl. The van der Waals surface area contributed by atoms with E-state index in [-0.39, 0.29) is 16.6 Å². The van der Waals surface area contributed by atoms with Crippen LogP contribution < -0.4 is 4.74 Å². The molecule has 0 saturated carbocycles. The number of ether oxygens (including phenoxy) is 1. The molecule has 0 unspecified atom stereocenters. The molecule has 0 atom stereocenters. The van der Waals surface area contributed by atoms with Crippen molar-refractivity contribution in [3.05, 3.63) is 58.9 Å². The van der Waals surface area contributed by atoms with Crippen LogP contribution in [0.4, 0.5) is 4.39 Å². The average Bonchev–Trinajstić information content (AvgIpc) is 2.32. The van der Waals surface area contributed by atoms with Gasteiger partial charge in [-0.15, -0.1) is 0 Å². The van der Waals surface area contributed by atoms with Crippen LogP contribution in [0.5, 0.6) is 11.5 Å². The van der Waals surface area contributed by atoms with E-state index < -0.39 is 5.82 Å². The number of hydrogen-bond donors (Lipinski definition) is 0. The molecule has 0 amide bonds. The molecule has 0 fully saturated rings. The van der Waals surface area contributed by atoms with E-state index >= 15 is 0 Å². The summed E-state index contributed by atoms with van der Waals surface area (Å²) >= 11 is 5.94. The summed E-state index contributed by atoms with van der Waals surface area (Å²) in [5, 5.41) is 0.288. The molecule has 18 heavy (non-hydrogen) atoms. The fourth-order valence-corrected chi connectivity index (χ4v) is 1.80. The zero-order valence-electron chi connectivity index (χ0n) is 9.61. The maximum absolute atomic E-state index is 13.4. The van der Waals surface area contributed by atoms with Crippen LogP contribution in [0.15, 0.2) is 42.5 Å². The Morgan fingerprint density at radius 1 is 1.22 bits per heavy atom. The van der Waals surface area contributed by atoms with Crippen LogP contribution in [-0.2, 0) is 0 Å². The maximum atomic E-state index is 13.4. The minimum Gasteiger partial charge on any atom is -0.454 e. The van der Waals surface area contributed by atoms with E-state index in [4.69, 9.17) is 16.3 Å². The van der Waals surface area contributed by atoms with Crippen molar-refractivity contribution in [3.8, 4) is 11.5 Å². The third-order valence-electron chi connectivity index (χ3n) is 2.38. The van der Waals surface area contributed by atoms with Crippen molar-refractivity contribution in [1.82, 2.24) is 0 Å². The standard InChI is InChI=1S/C14H10ClFO2/c1-9(17)11-7-6-10(8-12(11)15)18-14-5-3-2-4-13(14)16/h2-8H,1H3. The number of hydrogen-bond acceptors (Lipinski definition) is 2. The van der Waals surface area contributed by atoms with E-state index in [1.54, 1.807) is 24.3 Å². The Labute approximate surface area is 109 Å². The van der Waals surface area contributed by atoms with E-state index in [0.717, 1.165) is 0 Å². The summed E-state index contributed by atoms with van der Waals surface area (Å²) in [4.78, 5) is 11.2.